The highest BCUT2D eigenvalue weighted by atomic mass is 16.4. The number of aliphatic hydroxyl groups is 1. The van der Waals surface area contributed by atoms with Gasteiger partial charge in [-0.3, -0.25) is 9.59 Å². The van der Waals surface area contributed by atoms with Crippen molar-refractivity contribution in [1.29, 1.82) is 0 Å². The third kappa shape index (κ3) is 6.24. The van der Waals surface area contributed by atoms with Gasteiger partial charge in [0.05, 0.1) is 17.4 Å². The number of para-hydroxylation sites is 1. The second-order valence-corrected chi connectivity index (χ2v) is 10.8. The van der Waals surface area contributed by atoms with Gasteiger partial charge in [0.2, 0.25) is 5.95 Å². The van der Waals surface area contributed by atoms with Crippen LogP contribution in [0.1, 0.15) is 47.4 Å². The van der Waals surface area contributed by atoms with Gasteiger partial charge in [-0.15, -0.1) is 0 Å². The third-order valence-corrected chi connectivity index (χ3v) is 7.59. The number of carbonyl (C=O) groups excluding carboxylic acids is 2. The smallest absolute Gasteiger partial charge is 0.287 e. The largest absolute Gasteiger partial charge is 0.515 e. The van der Waals surface area contributed by atoms with Crippen LogP contribution in [0, 0.1) is 12.8 Å². The van der Waals surface area contributed by atoms with Crippen molar-refractivity contribution >= 4 is 40.4 Å². The molecule has 0 aliphatic heterocycles. The Balaban J connectivity index is 1.16. The van der Waals surface area contributed by atoms with Crippen LogP contribution >= 0.6 is 0 Å². The number of furan rings is 1. The number of fused-ring (bicyclic) bond motifs is 1. The molecule has 2 aromatic heterocycles. The lowest BCUT2D eigenvalue weighted by molar-refractivity contribution is -0.103. The molecular formula is C32H35N5O4. The van der Waals surface area contributed by atoms with Crippen LogP contribution in [0.3, 0.4) is 0 Å². The molecule has 2 aromatic carbocycles. The van der Waals surface area contributed by atoms with Crippen molar-refractivity contribution < 1.29 is 19.1 Å². The monoisotopic (exact) mass is 553 g/mol. The quantitative estimate of drug-likeness (QED) is 0.136. The Hall–Kier alpha value is -4.66. The zero-order chi connectivity index (χ0) is 28.9. The summed E-state index contributed by atoms with van der Waals surface area (Å²) < 4.78 is 5.87. The Morgan fingerprint density at radius 3 is 2.59 bits per heavy atom. The fraction of sp³-hybridized carbons (Fsp3) is 0.312. The number of anilines is 2. The predicted molar refractivity (Wildman–Crippen MR) is 161 cm³/mol. The van der Waals surface area contributed by atoms with Crippen molar-refractivity contribution in [3.8, 4) is 11.3 Å². The zero-order valence-electron chi connectivity index (χ0n) is 23.6. The average molecular weight is 554 g/mol. The third-order valence-electron chi connectivity index (χ3n) is 7.59. The first kappa shape index (κ1) is 27.9. The van der Waals surface area contributed by atoms with Crippen LogP contribution < -0.4 is 15.5 Å². The fourth-order valence-electron chi connectivity index (χ4n) is 5.36. The van der Waals surface area contributed by atoms with Crippen molar-refractivity contribution in [1.82, 2.24) is 15.3 Å². The summed E-state index contributed by atoms with van der Waals surface area (Å²) in [6.07, 6.45) is 5.25. The van der Waals surface area contributed by atoms with Crippen molar-refractivity contribution in [2.24, 2.45) is 5.92 Å². The maximum absolute atomic E-state index is 12.9. The highest BCUT2D eigenvalue weighted by Crippen LogP contribution is 2.31. The number of allylic oxidation sites excluding steroid dienone is 1. The number of amides is 1. The lowest BCUT2D eigenvalue weighted by Crippen LogP contribution is -2.34. The summed E-state index contributed by atoms with van der Waals surface area (Å²) in [7, 11) is 3.97. The van der Waals surface area contributed by atoms with Crippen LogP contribution in [-0.4, -0.2) is 53.9 Å². The molecule has 0 atom stereocenters. The molecule has 0 saturated heterocycles. The summed E-state index contributed by atoms with van der Waals surface area (Å²) in [6.45, 7) is 2.47. The molecule has 0 unspecified atom stereocenters. The molecule has 9 heteroatoms. The van der Waals surface area contributed by atoms with Gasteiger partial charge in [-0.2, -0.15) is 4.98 Å². The van der Waals surface area contributed by atoms with Gasteiger partial charge in [0.15, 0.2) is 12.0 Å². The van der Waals surface area contributed by atoms with Gasteiger partial charge in [0.25, 0.3) is 5.91 Å². The van der Waals surface area contributed by atoms with Gasteiger partial charge in [-0.1, -0.05) is 35.9 Å². The Kier molecular flexibility index (Phi) is 8.33. The number of carbonyl (C=O) groups is 2. The first-order valence-electron chi connectivity index (χ1n) is 13.9. The zero-order valence-corrected chi connectivity index (χ0v) is 23.6. The van der Waals surface area contributed by atoms with E-state index in [1.54, 1.807) is 18.2 Å². The number of aryl methyl sites for hydroxylation is 1. The molecular weight excluding hydrogens is 518 g/mol. The number of aldehydes is 1. The first-order valence-corrected chi connectivity index (χ1v) is 13.9. The van der Waals surface area contributed by atoms with Crippen LogP contribution in [-0.2, 0) is 4.79 Å². The second kappa shape index (κ2) is 12.2. The molecule has 1 saturated carbocycles. The lowest BCUT2D eigenvalue weighted by Gasteiger charge is -2.29. The molecule has 1 aliphatic rings. The van der Waals surface area contributed by atoms with Crippen LogP contribution in [0.15, 0.2) is 65.3 Å². The summed E-state index contributed by atoms with van der Waals surface area (Å²) in [5.74, 6) is 2.28. The minimum Gasteiger partial charge on any atom is -0.515 e. The van der Waals surface area contributed by atoms with E-state index in [4.69, 9.17) is 14.4 Å². The minimum atomic E-state index is -0.278. The van der Waals surface area contributed by atoms with E-state index in [0.717, 1.165) is 54.2 Å². The molecule has 1 amide bonds. The molecule has 0 spiro atoms. The summed E-state index contributed by atoms with van der Waals surface area (Å²) in [6, 6.07) is 17.1. The Labute approximate surface area is 239 Å². The second-order valence-electron chi connectivity index (χ2n) is 10.8. The molecule has 0 bridgehead atoms. The topological polar surface area (TPSA) is 121 Å². The molecule has 0 radical (unpaired) electrons. The number of aliphatic hydroxyl groups excluding tert-OH is 1. The summed E-state index contributed by atoms with van der Waals surface area (Å²) in [5.41, 5.74) is 3.16. The normalized spacial score (nSPS) is 17.3. The molecule has 41 heavy (non-hydrogen) atoms. The van der Waals surface area contributed by atoms with Crippen molar-refractivity contribution in [2.75, 3.05) is 30.9 Å². The summed E-state index contributed by atoms with van der Waals surface area (Å²) in [4.78, 5) is 35.8. The lowest BCUT2D eigenvalue weighted by atomic mass is 9.86. The number of hydrogen-bond donors (Lipinski definition) is 3. The first-order chi connectivity index (χ1) is 19.9. The van der Waals surface area contributed by atoms with E-state index < -0.39 is 0 Å². The van der Waals surface area contributed by atoms with E-state index in [2.05, 4.69) is 10.6 Å². The van der Waals surface area contributed by atoms with E-state index in [-0.39, 0.29) is 23.3 Å². The van der Waals surface area contributed by atoms with Gasteiger partial charge >= 0.3 is 0 Å². The van der Waals surface area contributed by atoms with Crippen molar-refractivity contribution in [2.45, 2.75) is 38.6 Å². The maximum atomic E-state index is 12.9. The number of hydrogen-bond acceptors (Lipinski definition) is 8. The van der Waals surface area contributed by atoms with Gasteiger partial charge in [-0.05, 0) is 68.4 Å². The van der Waals surface area contributed by atoms with E-state index >= 15 is 0 Å². The van der Waals surface area contributed by atoms with Crippen molar-refractivity contribution in [3.63, 3.8) is 0 Å². The molecule has 212 valence electrons. The molecule has 1 aliphatic carbocycles. The van der Waals surface area contributed by atoms with Gasteiger partial charge in [0, 0.05) is 37.6 Å². The van der Waals surface area contributed by atoms with E-state index in [1.165, 1.54) is 0 Å². The Morgan fingerprint density at radius 1 is 1.07 bits per heavy atom. The van der Waals surface area contributed by atoms with Crippen LogP contribution in [0.2, 0.25) is 0 Å². The Morgan fingerprint density at radius 2 is 1.85 bits per heavy atom. The van der Waals surface area contributed by atoms with Gasteiger partial charge in [-0.25, -0.2) is 4.98 Å². The molecule has 3 N–H and O–H groups in total. The molecule has 9 nitrogen and oxygen atoms in total. The van der Waals surface area contributed by atoms with E-state index in [0.29, 0.717) is 41.6 Å². The van der Waals surface area contributed by atoms with Crippen LogP contribution in [0.4, 0.5) is 11.8 Å². The summed E-state index contributed by atoms with van der Waals surface area (Å²) >= 11 is 0. The number of nitrogens with zero attached hydrogens (tertiary/aromatic N) is 3. The van der Waals surface area contributed by atoms with E-state index in [1.807, 2.05) is 62.3 Å². The maximum Gasteiger partial charge on any atom is 0.287 e. The van der Waals surface area contributed by atoms with Crippen LogP contribution in [0.5, 0.6) is 0 Å². The van der Waals surface area contributed by atoms with Crippen molar-refractivity contribution in [3.05, 3.63) is 77.7 Å². The molecule has 1 fully saturated rings. The highest BCUT2D eigenvalue weighted by Gasteiger charge is 2.24. The number of nitrogens with one attached hydrogen (secondary N) is 2. The molecule has 4 aromatic rings. The number of rotatable bonds is 9. The van der Waals surface area contributed by atoms with Gasteiger partial charge in [0.1, 0.15) is 11.6 Å². The predicted octanol–water partition coefficient (Wildman–Crippen LogP) is 5.76. The summed E-state index contributed by atoms with van der Waals surface area (Å²) in [5, 5.41) is 17.1. The Bertz CT molecular complexity index is 1580. The molecule has 5 rings (SSSR count). The number of benzene rings is 2. The standard InChI is InChI=1S/C32H35N5O4/c1-20-8-13-24(26(16-20)22(18-38)19-39)28-14-15-29(41-28)31(40)33-17-21-9-11-23(12-10-21)34-32-35-27-7-5-4-6-25(27)30(36-32)37(2)3/h4-8,13-16,18-19,21,23,38H,9-12,17H2,1-3H3,(H,33,40)(H,34,35,36)/b22-18-. The van der Waals surface area contributed by atoms with E-state index in [9.17, 15) is 14.7 Å². The highest BCUT2D eigenvalue weighted by molar-refractivity contribution is 6.09. The number of aromatic nitrogens is 2. The van der Waals surface area contributed by atoms with Crippen LogP contribution in [0.25, 0.3) is 27.8 Å². The average Bonchev–Trinajstić information content (AvgIpc) is 3.47. The molecule has 2 heterocycles. The SMILES string of the molecule is Cc1ccc(-c2ccc(C(=O)NCC3CCC(Nc4nc(N(C)C)c5ccccc5n4)CC3)o2)c(/C(C=O)=C\O)c1. The minimum absolute atomic E-state index is 0.140. The van der Waals surface area contributed by atoms with Gasteiger partial charge < -0.3 is 25.1 Å². The fourth-order valence-corrected chi connectivity index (χ4v) is 5.36.